The van der Waals surface area contributed by atoms with Crippen LogP contribution in [0.15, 0.2) is 38.8 Å². The first-order valence-corrected chi connectivity index (χ1v) is 10.0. The van der Waals surface area contributed by atoms with Gasteiger partial charge in [0.25, 0.3) is 21.6 Å². The normalized spacial score (nSPS) is 14.5. The summed E-state index contributed by atoms with van der Waals surface area (Å²) in [6.45, 7) is -1.32. The van der Waals surface area contributed by atoms with Gasteiger partial charge in [-0.15, -0.1) is 0 Å². The molecule has 0 aliphatic heterocycles. The number of hydrogen-bond acceptors (Lipinski definition) is 10. The van der Waals surface area contributed by atoms with Crippen molar-refractivity contribution in [2.24, 2.45) is 0 Å². The van der Waals surface area contributed by atoms with Gasteiger partial charge in [-0.1, -0.05) is 0 Å². The van der Waals surface area contributed by atoms with Gasteiger partial charge in [-0.3, -0.25) is 24.1 Å². The fourth-order valence-corrected chi connectivity index (χ4v) is 2.87. The van der Waals surface area contributed by atoms with Gasteiger partial charge in [-0.25, -0.2) is 4.79 Å². The number of anilines is 2. The maximum Gasteiger partial charge on any atom is 0.327 e. The smallest absolute Gasteiger partial charge is 0.327 e. The molecule has 9 N–H and O–H groups in total. The number of carbonyl (C=O) groups excluding carboxylic acids is 1. The van der Waals surface area contributed by atoms with Crippen LogP contribution in [0.5, 0.6) is 0 Å². The van der Waals surface area contributed by atoms with Crippen LogP contribution in [0.1, 0.15) is 10.4 Å². The molecule has 1 aromatic heterocycles. The van der Waals surface area contributed by atoms with Crippen LogP contribution in [0.3, 0.4) is 0 Å². The summed E-state index contributed by atoms with van der Waals surface area (Å²) in [5.74, 6) is -1.21. The second-order valence-electron chi connectivity index (χ2n) is 6.30. The van der Waals surface area contributed by atoms with Gasteiger partial charge in [0.1, 0.15) is 23.7 Å². The van der Waals surface area contributed by atoms with E-state index in [0.717, 1.165) is 24.3 Å². The molecule has 0 radical (unpaired) electrons. The zero-order valence-electron chi connectivity index (χ0n) is 15.6. The molecule has 1 amide bonds. The topological polar surface area (TPSA) is 242 Å². The van der Waals surface area contributed by atoms with Crippen molar-refractivity contribution in [3.05, 3.63) is 50.7 Å². The van der Waals surface area contributed by atoms with Gasteiger partial charge in [0.2, 0.25) is 0 Å². The number of benzene rings is 1. The first kappa shape index (κ1) is 24.2. The van der Waals surface area contributed by atoms with Gasteiger partial charge in [-0.2, -0.15) is 8.42 Å². The number of carbonyl (C=O) groups is 1. The van der Waals surface area contributed by atoms with Crippen LogP contribution in [0, 0.1) is 0 Å². The molecule has 14 nitrogen and oxygen atoms in total. The maximum absolute atomic E-state index is 12.4. The molecule has 1 heterocycles. The molecule has 0 bridgehead atoms. The SMILES string of the molecule is O=C(Nc1c(NCC(O)C(O)C(O)CO)[nH]c(=O)[nH]c1=O)c1ccc(S(=O)(=O)O)cc1. The van der Waals surface area contributed by atoms with Gasteiger partial charge in [0, 0.05) is 12.1 Å². The van der Waals surface area contributed by atoms with Crippen molar-refractivity contribution >= 4 is 27.5 Å². The lowest BCUT2D eigenvalue weighted by Crippen LogP contribution is -2.43. The lowest BCUT2D eigenvalue weighted by molar-refractivity contribution is -0.0715. The van der Waals surface area contributed by atoms with E-state index in [9.17, 15) is 38.1 Å². The lowest BCUT2D eigenvalue weighted by atomic mass is 10.1. The van der Waals surface area contributed by atoms with Crippen molar-refractivity contribution in [2.45, 2.75) is 23.2 Å². The first-order chi connectivity index (χ1) is 14.4. The standard InChI is InChI=1S/C16H20N4O10S/c21-6-10(23)12(24)9(22)5-17-13-11(15(26)20-16(27)19-13)18-14(25)7-1-3-8(4-2-7)31(28,29)30/h1-4,9-10,12,21-24H,5-6H2,(H,18,25)(H,28,29,30)(H3,17,19,20,26,27). The second kappa shape index (κ2) is 9.82. The van der Waals surface area contributed by atoms with Crippen LogP contribution in [-0.4, -0.2) is 80.7 Å². The number of aromatic amines is 2. The Hall–Kier alpha value is -3.08. The molecule has 1 aromatic carbocycles. The molecule has 0 aliphatic rings. The Morgan fingerprint density at radius 2 is 1.65 bits per heavy atom. The van der Waals surface area contributed by atoms with E-state index in [4.69, 9.17) is 9.66 Å². The number of aromatic nitrogens is 2. The number of aliphatic hydroxyl groups excluding tert-OH is 4. The van der Waals surface area contributed by atoms with Crippen molar-refractivity contribution < 1.29 is 38.2 Å². The monoisotopic (exact) mass is 460 g/mol. The molecule has 2 aromatic rings. The Morgan fingerprint density at radius 1 is 1.03 bits per heavy atom. The molecule has 31 heavy (non-hydrogen) atoms. The predicted molar refractivity (Wildman–Crippen MR) is 105 cm³/mol. The largest absolute Gasteiger partial charge is 0.394 e. The van der Waals surface area contributed by atoms with Crippen molar-refractivity contribution in [1.29, 1.82) is 0 Å². The minimum atomic E-state index is -4.47. The van der Waals surface area contributed by atoms with Crippen molar-refractivity contribution in [3.63, 3.8) is 0 Å². The number of H-pyrrole nitrogens is 2. The minimum Gasteiger partial charge on any atom is -0.394 e. The highest BCUT2D eigenvalue weighted by atomic mass is 32.2. The van der Waals surface area contributed by atoms with Crippen molar-refractivity contribution in [1.82, 2.24) is 9.97 Å². The lowest BCUT2D eigenvalue weighted by Gasteiger charge is -2.22. The molecule has 3 unspecified atom stereocenters. The average molecular weight is 460 g/mol. The summed E-state index contributed by atoms with van der Waals surface area (Å²) in [7, 11) is -4.47. The van der Waals surface area contributed by atoms with Gasteiger partial charge < -0.3 is 31.1 Å². The van der Waals surface area contributed by atoms with Gasteiger partial charge in [0.05, 0.1) is 17.6 Å². The average Bonchev–Trinajstić information content (AvgIpc) is 2.72. The Balaban J connectivity index is 2.24. The number of rotatable bonds is 9. The van der Waals surface area contributed by atoms with E-state index in [1.807, 2.05) is 4.98 Å². The van der Waals surface area contributed by atoms with Crippen LogP contribution in [0.2, 0.25) is 0 Å². The molecule has 15 heteroatoms. The first-order valence-electron chi connectivity index (χ1n) is 8.58. The second-order valence-corrected chi connectivity index (χ2v) is 7.72. The molecule has 0 saturated carbocycles. The molecule has 170 valence electrons. The Labute approximate surface area is 174 Å². The third kappa shape index (κ3) is 6.20. The minimum absolute atomic E-state index is 0.0922. The zero-order valence-corrected chi connectivity index (χ0v) is 16.5. The van der Waals surface area contributed by atoms with E-state index in [1.54, 1.807) is 0 Å². The summed E-state index contributed by atoms with van der Waals surface area (Å²) in [4.78, 5) is 39.7. The summed E-state index contributed by atoms with van der Waals surface area (Å²) in [6, 6.07) is 4.07. The van der Waals surface area contributed by atoms with Crippen LogP contribution in [-0.2, 0) is 10.1 Å². The van der Waals surface area contributed by atoms with Crippen LogP contribution >= 0.6 is 0 Å². The van der Waals surface area contributed by atoms with E-state index >= 15 is 0 Å². The van der Waals surface area contributed by atoms with E-state index in [0.29, 0.717) is 0 Å². The third-order valence-corrected chi connectivity index (χ3v) is 4.93. The Bertz CT molecular complexity index is 1140. The highest BCUT2D eigenvalue weighted by Crippen LogP contribution is 2.15. The van der Waals surface area contributed by atoms with Gasteiger partial charge in [-0.05, 0) is 24.3 Å². The molecule has 0 aliphatic carbocycles. The summed E-state index contributed by atoms with van der Waals surface area (Å²) in [5, 5.41) is 42.3. The third-order valence-electron chi connectivity index (χ3n) is 4.06. The fourth-order valence-electron chi connectivity index (χ4n) is 2.39. The Morgan fingerprint density at radius 3 is 2.19 bits per heavy atom. The summed E-state index contributed by atoms with van der Waals surface area (Å²) >= 11 is 0. The molecular formula is C16H20N4O10S. The van der Waals surface area contributed by atoms with E-state index in [2.05, 4.69) is 15.6 Å². The highest BCUT2D eigenvalue weighted by molar-refractivity contribution is 7.85. The molecule has 3 atom stereocenters. The number of aliphatic hydroxyl groups is 4. The summed E-state index contributed by atoms with van der Waals surface area (Å²) < 4.78 is 31.1. The molecule has 0 spiro atoms. The summed E-state index contributed by atoms with van der Waals surface area (Å²) in [5.41, 5.74) is -2.52. The quantitative estimate of drug-likeness (QED) is 0.171. The van der Waals surface area contributed by atoms with Crippen molar-refractivity contribution in [2.75, 3.05) is 23.8 Å². The Kier molecular flexibility index (Phi) is 7.66. The van der Waals surface area contributed by atoms with Gasteiger partial charge >= 0.3 is 5.69 Å². The summed E-state index contributed by atoms with van der Waals surface area (Å²) in [6.07, 6.45) is -5.01. The number of amides is 1. The van der Waals surface area contributed by atoms with Gasteiger partial charge in [0.15, 0.2) is 0 Å². The number of hydrogen-bond donors (Lipinski definition) is 9. The van der Waals surface area contributed by atoms with E-state index < -0.39 is 69.3 Å². The highest BCUT2D eigenvalue weighted by Gasteiger charge is 2.24. The zero-order chi connectivity index (χ0) is 23.3. The molecule has 0 fully saturated rings. The maximum atomic E-state index is 12.4. The molecule has 2 rings (SSSR count). The van der Waals surface area contributed by atoms with Crippen molar-refractivity contribution in [3.8, 4) is 0 Å². The fraction of sp³-hybridized carbons (Fsp3) is 0.312. The van der Waals surface area contributed by atoms with Crippen LogP contribution in [0.4, 0.5) is 11.5 Å². The van der Waals surface area contributed by atoms with Crippen LogP contribution in [0.25, 0.3) is 0 Å². The predicted octanol–water partition coefficient (Wildman–Crippen LogP) is -2.95. The van der Waals surface area contributed by atoms with E-state index in [-0.39, 0.29) is 11.4 Å². The van der Waals surface area contributed by atoms with Crippen LogP contribution < -0.4 is 21.9 Å². The van der Waals surface area contributed by atoms with E-state index in [1.165, 1.54) is 0 Å². The molecule has 0 saturated heterocycles. The number of nitrogens with one attached hydrogen (secondary N) is 4. The molecular weight excluding hydrogens is 440 g/mol.